The molecule has 0 aliphatic carbocycles. The maximum absolute atomic E-state index is 11.9. The average molecular weight is 234 g/mol. The number of hydrogen-bond donors (Lipinski definition) is 2. The molecule has 0 spiro atoms. The van der Waals surface area contributed by atoms with E-state index in [-0.39, 0.29) is 11.9 Å². The summed E-state index contributed by atoms with van der Waals surface area (Å²) in [6, 6.07) is 7.70. The average Bonchev–Trinajstić information content (AvgIpc) is 2.83. The lowest BCUT2D eigenvalue weighted by molar-refractivity contribution is -0.117. The molecule has 4 heteroatoms. The summed E-state index contributed by atoms with van der Waals surface area (Å²) >= 11 is 0. The Kier molecular flexibility index (Phi) is 4.12. The SMILES string of the molecule is COCc1cccc(NC(=O)[C@@H]2CCCN2)c1. The number of anilines is 1. The van der Waals surface area contributed by atoms with Crippen molar-refractivity contribution in [3.8, 4) is 0 Å². The van der Waals surface area contributed by atoms with Gasteiger partial charge < -0.3 is 15.4 Å². The van der Waals surface area contributed by atoms with Crippen LogP contribution >= 0.6 is 0 Å². The third-order valence-electron chi connectivity index (χ3n) is 2.88. The highest BCUT2D eigenvalue weighted by Gasteiger charge is 2.21. The van der Waals surface area contributed by atoms with Crippen molar-refractivity contribution in [2.75, 3.05) is 19.0 Å². The van der Waals surface area contributed by atoms with Crippen LogP contribution in [0.2, 0.25) is 0 Å². The van der Waals surface area contributed by atoms with Crippen molar-refractivity contribution < 1.29 is 9.53 Å². The maximum Gasteiger partial charge on any atom is 0.241 e. The van der Waals surface area contributed by atoms with Gasteiger partial charge in [0.15, 0.2) is 0 Å². The molecule has 1 aliphatic rings. The molecule has 2 N–H and O–H groups in total. The van der Waals surface area contributed by atoms with Gasteiger partial charge in [-0.05, 0) is 37.1 Å². The number of hydrogen-bond acceptors (Lipinski definition) is 3. The Morgan fingerprint density at radius 2 is 2.47 bits per heavy atom. The summed E-state index contributed by atoms with van der Waals surface area (Å²) in [5.41, 5.74) is 1.89. The van der Waals surface area contributed by atoms with Gasteiger partial charge in [-0.3, -0.25) is 4.79 Å². The van der Waals surface area contributed by atoms with Gasteiger partial charge in [0.2, 0.25) is 5.91 Å². The van der Waals surface area contributed by atoms with Gasteiger partial charge in [0.25, 0.3) is 0 Å². The molecule has 1 fully saturated rings. The molecule has 1 aliphatic heterocycles. The predicted octanol–water partition coefficient (Wildman–Crippen LogP) is 1.52. The minimum Gasteiger partial charge on any atom is -0.380 e. The lowest BCUT2D eigenvalue weighted by atomic mass is 10.2. The summed E-state index contributed by atoms with van der Waals surface area (Å²) in [7, 11) is 1.66. The van der Waals surface area contributed by atoms with E-state index in [0.29, 0.717) is 6.61 Å². The quantitative estimate of drug-likeness (QED) is 0.830. The van der Waals surface area contributed by atoms with Crippen molar-refractivity contribution in [1.82, 2.24) is 5.32 Å². The summed E-state index contributed by atoms with van der Waals surface area (Å²) in [4.78, 5) is 11.9. The molecule has 0 unspecified atom stereocenters. The van der Waals surface area contributed by atoms with Crippen molar-refractivity contribution in [2.24, 2.45) is 0 Å². The Morgan fingerprint density at radius 1 is 1.59 bits per heavy atom. The van der Waals surface area contributed by atoms with Crippen molar-refractivity contribution in [3.05, 3.63) is 29.8 Å². The maximum atomic E-state index is 11.9. The first-order valence-corrected chi connectivity index (χ1v) is 5.92. The van der Waals surface area contributed by atoms with Gasteiger partial charge in [-0.15, -0.1) is 0 Å². The van der Waals surface area contributed by atoms with E-state index in [0.717, 1.165) is 30.6 Å². The number of methoxy groups -OCH3 is 1. The number of carbonyl (C=O) groups excluding carboxylic acids is 1. The molecule has 17 heavy (non-hydrogen) atoms. The van der Waals surface area contributed by atoms with Gasteiger partial charge in [-0.25, -0.2) is 0 Å². The largest absolute Gasteiger partial charge is 0.380 e. The standard InChI is InChI=1S/C13H18N2O2/c1-17-9-10-4-2-5-11(8-10)15-13(16)12-6-3-7-14-12/h2,4-5,8,12,14H,3,6-7,9H2,1H3,(H,15,16)/t12-/m0/s1. The first kappa shape index (κ1) is 12.1. The first-order chi connectivity index (χ1) is 8.29. The Labute approximate surface area is 101 Å². The molecule has 2 rings (SSSR count). The molecule has 0 bridgehead atoms. The molecule has 0 saturated carbocycles. The molecule has 4 nitrogen and oxygen atoms in total. The van der Waals surface area contributed by atoms with E-state index in [4.69, 9.17) is 4.74 Å². The fraction of sp³-hybridized carbons (Fsp3) is 0.462. The molecule has 1 atom stereocenters. The van der Waals surface area contributed by atoms with Crippen LogP contribution in [0.25, 0.3) is 0 Å². The van der Waals surface area contributed by atoms with E-state index in [1.165, 1.54) is 0 Å². The summed E-state index contributed by atoms with van der Waals surface area (Å²) in [5.74, 6) is 0.0528. The lowest BCUT2D eigenvalue weighted by Gasteiger charge is -2.11. The zero-order chi connectivity index (χ0) is 12.1. The molecule has 1 aromatic carbocycles. The Bertz CT molecular complexity index is 387. The second-order valence-electron chi connectivity index (χ2n) is 4.27. The van der Waals surface area contributed by atoms with Crippen molar-refractivity contribution in [1.29, 1.82) is 0 Å². The fourth-order valence-corrected chi connectivity index (χ4v) is 2.04. The zero-order valence-electron chi connectivity index (χ0n) is 10.0. The van der Waals surface area contributed by atoms with Gasteiger partial charge in [0, 0.05) is 12.8 Å². The van der Waals surface area contributed by atoms with Gasteiger partial charge in [0.05, 0.1) is 12.6 Å². The van der Waals surface area contributed by atoms with Gasteiger partial charge >= 0.3 is 0 Å². The number of amides is 1. The van der Waals surface area contributed by atoms with Crippen LogP contribution in [0, 0.1) is 0 Å². The van der Waals surface area contributed by atoms with Crippen molar-refractivity contribution in [2.45, 2.75) is 25.5 Å². The molecule has 92 valence electrons. The molecular weight excluding hydrogens is 216 g/mol. The highest BCUT2D eigenvalue weighted by atomic mass is 16.5. The summed E-state index contributed by atoms with van der Waals surface area (Å²) in [6.07, 6.45) is 1.99. The summed E-state index contributed by atoms with van der Waals surface area (Å²) < 4.78 is 5.06. The second kappa shape index (κ2) is 5.80. The molecule has 1 amide bonds. The number of ether oxygens (including phenoxy) is 1. The van der Waals surface area contributed by atoms with Crippen LogP contribution in [-0.2, 0) is 16.1 Å². The zero-order valence-corrected chi connectivity index (χ0v) is 10.0. The molecule has 1 heterocycles. The van der Waals surface area contributed by atoms with E-state index in [1.54, 1.807) is 7.11 Å². The minimum atomic E-state index is -0.0407. The van der Waals surface area contributed by atoms with Gasteiger partial charge in [-0.1, -0.05) is 12.1 Å². The van der Waals surface area contributed by atoms with Crippen LogP contribution in [-0.4, -0.2) is 25.6 Å². The van der Waals surface area contributed by atoms with Gasteiger partial charge in [-0.2, -0.15) is 0 Å². The lowest BCUT2D eigenvalue weighted by Crippen LogP contribution is -2.35. The highest BCUT2D eigenvalue weighted by Crippen LogP contribution is 2.13. The van der Waals surface area contributed by atoms with Crippen LogP contribution in [0.15, 0.2) is 24.3 Å². The van der Waals surface area contributed by atoms with Crippen LogP contribution < -0.4 is 10.6 Å². The van der Waals surface area contributed by atoms with E-state index < -0.39 is 0 Å². The molecule has 1 saturated heterocycles. The third kappa shape index (κ3) is 3.28. The topological polar surface area (TPSA) is 50.4 Å². The van der Waals surface area contributed by atoms with Crippen molar-refractivity contribution >= 4 is 11.6 Å². The van der Waals surface area contributed by atoms with E-state index in [1.807, 2.05) is 24.3 Å². The van der Waals surface area contributed by atoms with Crippen LogP contribution in [0.1, 0.15) is 18.4 Å². The van der Waals surface area contributed by atoms with Gasteiger partial charge in [0.1, 0.15) is 0 Å². The Morgan fingerprint density at radius 3 is 3.18 bits per heavy atom. The minimum absolute atomic E-state index is 0.0407. The van der Waals surface area contributed by atoms with Crippen molar-refractivity contribution in [3.63, 3.8) is 0 Å². The summed E-state index contributed by atoms with van der Waals surface area (Å²) in [5, 5.41) is 6.11. The van der Waals surface area contributed by atoms with E-state index in [2.05, 4.69) is 10.6 Å². The normalized spacial score (nSPS) is 19.2. The number of benzene rings is 1. The highest BCUT2D eigenvalue weighted by molar-refractivity contribution is 5.95. The monoisotopic (exact) mass is 234 g/mol. The third-order valence-corrected chi connectivity index (χ3v) is 2.88. The Hall–Kier alpha value is -1.39. The predicted molar refractivity (Wildman–Crippen MR) is 66.8 cm³/mol. The Balaban J connectivity index is 1.97. The number of rotatable bonds is 4. The van der Waals surface area contributed by atoms with E-state index in [9.17, 15) is 4.79 Å². The van der Waals surface area contributed by atoms with Crippen LogP contribution in [0.5, 0.6) is 0 Å². The smallest absolute Gasteiger partial charge is 0.241 e. The summed E-state index contributed by atoms with van der Waals surface area (Å²) in [6.45, 7) is 1.49. The molecule has 1 aromatic rings. The number of nitrogens with one attached hydrogen (secondary N) is 2. The number of carbonyl (C=O) groups is 1. The second-order valence-corrected chi connectivity index (χ2v) is 4.27. The molecule has 0 radical (unpaired) electrons. The van der Waals surface area contributed by atoms with Crippen LogP contribution in [0.4, 0.5) is 5.69 Å². The van der Waals surface area contributed by atoms with Crippen LogP contribution in [0.3, 0.4) is 0 Å². The van der Waals surface area contributed by atoms with E-state index >= 15 is 0 Å². The fourth-order valence-electron chi connectivity index (χ4n) is 2.04. The first-order valence-electron chi connectivity index (χ1n) is 5.92. The molecular formula is C13H18N2O2. The molecule has 0 aromatic heterocycles.